The quantitative estimate of drug-likeness (QED) is 0.268. The summed E-state index contributed by atoms with van der Waals surface area (Å²) in [5, 5.41) is 15.5. The highest BCUT2D eigenvalue weighted by molar-refractivity contribution is 6.10. The summed E-state index contributed by atoms with van der Waals surface area (Å²) in [6.45, 7) is 6.12. The van der Waals surface area contributed by atoms with E-state index < -0.39 is 0 Å². The van der Waals surface area contributed by atoms with Crippen LogP contribution in [-0.2, 0) is 0 Å². The van der Waals surface area contributed by atoms with Gasteiger partial charge in [-0.15, -0.1) is 0 Å². The van der Waals surface area contributed by atoms with Gasteiger partial charge < -0.3 is 4.57 Å². The Labute approximate surface area is 208 Å². The smallest absolute Gasteiger partial charge is 0.163 e. The number of halogens is 1. The number of nitriles is 1. The maximum absolute atomic E-state index is 16.5. The van der Waals surface area contributed by atoms with E-state index in [0.29, 0.717) is 16.8 Å². The fraction of sp³-hybridized carbons (Fsp3) is 0.0968. The Morgan fingerprint density at radius 1 is 0.806 bits per heavy atom. The van der Waals surface area contributed by atoms with Crippen LogP contribution < -0.4 is 0 Å². The summed E-state index contributed by atoms with van der Waals surface area (Å²) in [6.07, 6.45) is 0. The molecule has 2 heterocycles. The third-order valence-electron chi connectivity index (χ3n) is 6.75. The molecule has 4 nitrogen and oxygen atoms in total. The molecule has 0 saturated heterocycles. The molecule has 6 aromatic rings. The van der Waals surface area contributed by atoms with E-state index >= 15 is 4.39 Å². The molecular weight excluding hydrogens is 447 g/mol. The Bertz CT molecular complexity index is 1810. The van der Waals surface area contributed by atoms with Gasteiger partial charge in [0, 0.05) is 28.1 Å². The number of hydrogen-bond acceptors (Lipinski definition) is 2. The van der Waals surface area contributed by atoms with Crippen LogP contribution in [0.2, 0.25) is 0 Å². The van der Waals surface area contributed by atoms with Crippen molar-refractivity contribution in [1.82, 2.24) is 14.3 Å². The van der Waals surface area contributed by atoms with Crippen molar-refractivity contribution in [2.24, 2.45) is 0 Å². The summed E-state index contributed by atoms with van der Waals surface area (Å²) in [5.41, 5.74) is 8.16. The highest BCUT2D eigenvalue weighted by Crippen LogP contribution is 2.37. The molecule has 0 amide bonds. The van der Waals surface area contributed by atoms with Gasteiger partial charge in [0.05, 0.1) is 16.7 Å². The van der Waals surface area contributed by atoms with Crippen molar-refractivity contribution in [3.8, 4) is 28.7 Å². The van der Waals surface area contributed by atoms with E-state index in [9.17, 15) is 5.26 Å². The van der Waals surface area contributed by atoms with Crippen LogP contribution >= 0.6 is 0 Å². The van der Waals surface area contributed by atoms with E-state index in [1.54, 1.807) is 16.8 Å². The van der Waals surface area contributed by atoms with Gasteiger partial charge in [-0.25, -0.2) is 9.07 Å². The zero-order valence-electron chi connectivity index (χ0n) is 20.2. The van der Waals surface area contributed by atoms with E-state index in [1.165, 1.54) is 0 Å². The van der Waals surface area contributed by atoms with Crippen molar-refractivity contribution in [3.05, 3.63) is 113 Å². The predicted molar refractivity (Wildman–Crippen MR) is 142 cm³/mol. The fourth-order valence-electron chi connectivity index (χ4n) is 5.41. The SMILES string of the molecule is Cc1cc(C)c(-c2cc(C#N)nn2-c2ccc3c(c2F)c2ccccc2n3-c2ccccc2)c(C)c1. The van der Waals surface area contributed by atoms with Crippen molar-refractivity contribution >= 4 is 21.8 Å². The minimum atomic E-state index is -0.366. The number of rotatable bonds is 3. The Morgan fingerprint density at radius 3 is 2.22 bits per heavy atom. The lowest BCUT2D eigenvalue weighted by Crippen LogP contribution is -2.05. The minimum Gasteiger partial charge on any atom is -0.309 e. The van der Waals surface area contributed by atoms with Gasteiger partial charge in [0.25, 0.3) is 0 Å². The maximum Gasteiger partial charge on any atom is 0.163 e. The molecule has 2 aromatic heterocycles. The number of benzene rings is 4. The molecule has 0 radical (unpaired) electrons. The molecular formula is C31H23FN4. The zero-order valence-corrected chi connectivity index (χ0v) is 20.2. The second-order valence-corrected chi connectivity index (χ2v) is 9.19. The monoisotopic (exact) mass is 470 g/mol. The summed E-state index contributed by atoms with van der Waals surface area (Å²) in [5.74, 6) is -0.366. The first-order chi connectivity index (χ1) is 17.5. The van der Waals surface area contributed by atoms with Crippen molar-refractivity contribution in [2.75, 3.05) is 0 Å². The largest absolute Gasteiger partial charge is 0.309 e. The highest BCUT2D eigenvalue weighted by Gasteiger charge is 2.22. The summed E-state index contributed by atoms with van der Waals surface area (Å²) in [6, 6.07) is 29.6. The molecule has 0 unspecified atom stereocenters. The standard InChI is InChI=1S/C31H23FN4/c1-19-15-20(2)29(21(3)16-19)28-17-22(18-33)34-36(28)27-14-13-26-30(31(27)32)24-11-7-8-12-25(24)35(26)23-9-5-4-6-10-23/h4-17H,1-3H3. The molecule has 4 aromatic carbocycles. The summed E-state index contributed by atoms with van der Waals surface area (Å²) < 4.78 is 20.2. The zero-order chi connectivity index (χ0) is 25.0. The molecule has 5 heteroatoms. The van der Waals surface area contributed by atoms with Crippen molar-refractivity contribution < 1.29 is 4.39 Å². The molecule has 0 bridgehead atoms. The third-order valence-corrected chi connectivity index (χ3v) is 6.75. The fourth-order valence-corrected chi connectivity index (χ4v) is 5.41. The van der Waals surface area contributed by atoms with Crippen molar-refractivity contribution in [3.63, 3.8) is 0 Å². The maximum atomic E-state index is 16.5. The molecule has 6 rings (SSSR count). The second-order valence-electron chi connectivity index (χ2n) is 9.19. The van der Waals surface area contributed by atoms with Gasteiger partial charge in [-0.3, -0.25) is 0 Å². The molecule has 0 aliphatic heterocycles. The van der Waals surface area contributed by atoms with Crippen molar-refractivity contribution in [1.29, 1.82) is 5.26 Å². The van der Waals surface area contributed by atoms with Crippen LogP contribution in [0.15, 0.2) is 84.9 Å². The number of aromatic nitrogens is 3. The first-order valence-corrected chi connectivity index (χ1v) is 11.8. The summed E-state index contributed by atoms with van der Waals surface area (Å²) >= 11 is 0. The second kappa shape index (κ2) is 8.21. The van der Waals surface area contributed by atoms with Gasteiger partial charge in [0.1, 0.15) is 11.8 Å². The summed E-state index contributed by atoms with van der Waals surface area (Å²) in [7, 11) is 0. The highest BCUT2D eigenvalue weighted by atomic mass is 19.1. The predicted octanol–water partition coefficient (Wildman–Crippen LogP) is 7.57. The number of para-hydroxylation sites is 2. The molecule has 36 heavy (non-hydrogen) atoms. The Kier molecular flexibility index (Phi) is 4.98. The van der Waals surface area contributed by atoms with Gasteiger partial charge in [0.2, 0.25) is 0 Å². The number of fused-ring (bicyclic) bond motifs is 3. The summed E-state index contributed by atoms with van der Waals surface area (Å²) in [4.78, 5) is 0. The van der Waals surface area contributed by atoms with E-state index in [4.69, 9.17) is 0 Å². The average molecular weight is 471 g/mol. The molecule has 0 fully saturated rings. The first-order valence-electron chi connectivity index (χ1n) is 11.8. The van der Waals surface area contributed by atoms with E-state index in [0.717, 1.165) is 44.4 Å². The molecule has 0 N–H and O–H groups in total. The third kappa shape index (κ3) is 3.23. The topological polar surface area (TPSA) is 46.5 Å². The van der Waals surface area contributed by atoms with Gasteiger partial charge in [0.15, 0.2) is 11.5 Å². The van der Waals surface area contributed by atoms with E-state index in [-0.39, 0.29) is 11.5 Å². The van der Waals surface area contributed by atoms with Crippen LogP contribution in [0.3, 0.4) is 0 Å². The molecule has 0 aliphatic rings. The first kappa shape index (κ1) is 21.8. The molecule has 0 spiro atoms. The normalized spacial score (nSPS) is 11.3. The molecule has 174 valence electrons. The van der Waals surface area contributed by atoms with Crippen LogP contribution in [0.25, 0.3) is 44.4 Å². The minimum absolute atomic E-state index is 0.246. The lowest BCUT2D eigenvalue weighted by atomic mass is 9.97. The van der Waals surface area contributed by atoms with Gasteiger partial charge in [-0.2, -0.15) is 10.4 Å². The molecule has 0 aliphatic carbocycles. The Balaban J connectivity index is 1.68. The van der Waals surface area contributed by atoms with Gasteiger partial charge >= 0.3 is 0 Å². The van der Waals surface area contributed by atoms with Crippen LogP contribution in [0.5, 0.6) is 0 Å². The Morgan fingerprint density at radius 2 is 1.50 bits per heavy atom. The van der Waals surface area contributed by atoms with E-state index in [1.807, 2.05) is 74.5 Å². The van der Waals surface area contributed by atoms with Crippen LogP contribution in [0.1, 0.15) is 22.4 Å². The lowest BCUT2D eigenvalue weighted by molar-refractivity contribution is 0.623. The van der Waals surface area contributed by atoms with Gasteiger partial charge in [-0.05, 0) is 62.2 Å². The average Bonchev–Trinajstić information content (AvgIpc) is 3.44. The number of hydrogen-bond donors (Lipinski definition) is 0. The lowest BCUT2D eigenvalue weighted by Gasteiger charge is -2.15. The number of nitrogens with zero attached hydrogens (tertiary/aromatic N) is 4. The number of aryl methyl sites for hydroxylation is 3. The van der Waals surface area contributed by atoms with Crippen LogP contribution in [0.4, 0.5) is 4.39 Å². The van der Waals surface area contributed by atoms with Crippen LogP contribution in [-0.4, -0.2) is 14.3 Å². The Hall–Kier alpha value is -4.69. The molecule has 0 atom stereocenters. The van der Waals surface area contributed by atoms with Crippen molar-refractivity contribution in [2.45, 2.75) is 20.8 Å². The van der Waals surface area contributed by atoms with Gasteiger partial charge in [-0.1, -0.05) is 54.1 Å². The molecule has 0 saturated carbocycles. The van der Waals surface area contributed by atoms with E-state index in [2.05, 4.69) is 34.8 Å². The van der Waals surface area contributed by atoms with Crippen LogP contribution in [0, 0.1) is 37.9 Å².